The summed E-state index contributed by atoms with van der Waals surface area (Å²) in [5.41, 5.74) is 0. The number of rotatable bonds is 4. The molecule has 14 heavy (non-hydrogen) atoms. The van der Waals surface area contributed by atoms with Crippen molar-refractivity contribution in [2.24, 2.45) is 5.92 Å². The highest BCUT2D eigenvalue weighted by molar-refractivity contribution is 4.59. The second-order valence-electron chi connectivity index (χ2n) is 4.36. The summed E-state index contributed by atoms with van der Waals surface area (Å²) >= 11 is 0. The molecule has 0 heterocycles. The van der Waals surface area contributed by atoms with Gasteiger partial charge in [-0.2, -0.15) is 0 Å². The highest BCUT2D eigenvalue weighted by Crippen LogP contribution is 2.22. The van der Waals surface area contributed by atoms with E-state index in [1.165, 1.54) is 32.1 Å². The Kier molecular flexibility index (Phi) is 11.0. The first-order chi connectivity index (χ1) is 6.81. The molecule has 0 N–H and O–H groups in total. The van der Waals surface area contributed by atoms with Gasteiger partial charge in [-0.25, -0.2) is 0 Å². The van der Waals surface area contributed by atoms with Crippen LogP contribution in [0.25, 0.3) is 0 Å². The molecule has 86 valence electrons. The van der Waals surface area contributed by atoms with Crippen molar-refractivity contribution in [3.05, 3.63) is 0 Å². The first-order valence-electron chi connectivity index (χ1n) is 6.39. The van der Waals surface area contributed by atoms with E-state index in [2.05, 4.69) is 20.8 Å². The lowest BCUT2D eigenvalue weighted by Gasteiger charge is -2.15. The standard InChI is InChI=1S/C7H14.C6H14O/c1-7-5-3-2-4-6-7;1-3-5-7-6-4-2/h7H,2-6H2,1H3;3-6H2,1-2H3. The van der Waals surface area contributed by atoms with Gasteiger partial charge in [0.15, 0.2) is 0 Å². The molecule has 0 bridgehead atoms. The minimum Gasteiger partial charge on any atom is -0.381 e. The van der Waals surface area contributed by atoms with Crippen LogP contribution in [0.1, 0.15) is 65.7 Å². The van der Waals surface area contributed by atoms with Crippen molar-refractivity contribution in [1.29, 1.82) is 0 Å². The van der Waals surface area contributed by atoms with Crippen LogP contribution in [0.15, 0.2) is 0 Å². The van der Waals surface area contributed by atoms with Crippen LogP contribution in [0.2, 0.25) is 0 Å². The Balaban J connectivity index is 0.000000241. The summed E-state index contributed by atoms with van der Waals surface area (Å²) in [6.45, 7) is 8.45. The van der Waals surface area contributed by atoms with Gasteiger partial charge in [0.2, 0.25) is 0 Å². The summed E-state index contributed by atoms with van der Waals surface area (Å²) in [7, 11) is 0. The summed E-state index contributed by atoms with van der Waals surface area (Å²) in [4.78, 5) is 0. The zero-order valence-electron chi connectivity index (χ0n) is 10.3. The average molecular weight is 200 g/mol. The Hall–Kier alpha value is -0.0400. The van der Waals surface area contributed by atoms with Crippen molar-refractivity contribution in [3.63, 3.8) is 0 Å². The monoisotopic (exact) mass is 200 g/mol. The summed E-state index contributed by atoms with van der Waals surface area (Å²) in [6, 6.07) is 0. The molecule has 0 aliphatic heterocycles. The van der Waals surface area contributed by atoms with E-state index >= 15 is 0 Å². The van der Waals surface area contributed by atoms with Crippen LogP contribution in [0.4, 0.5) is 0 Å². The Bertz CT molecular complexity index is 91.4. The van der Waals surface area contributed by atoms with Crippen LogP contribution in [0.3, 0.4) is 0 Å². The number of hydrogen-bond donors (Lipinski definition) is 0. The Labute approximate surface area is 90.2 Å². The van der Waals surface area contributed by atoms with Gasteiger partial charge in [0, 0.05) is 13.2 Å². The summed E-state index contributed by atoms with van der Waals surface area (Å²) < 4.78 is 5.13. The van der Waals surface area contributed by atoms with Gasteiger partial charge in [0.25, 0.3) is 0 Å². The smallest absolute Gasteiger partial charge is 0.0463 e. The van der Waals surface area contributed by atoms with Crippen molar-refractivity contribution in [2.75, 3.05) is 13.2 Å². The summed E-state index contributed by atoms with van der Waals surface area (Å²) in [5, 5.41) is 0. The lowest BCUT2D eigenvalue weighted by atomic mass is 9.91. The quantitative estimate of drug-likeness (QED) is 0.611. The van der Waals surface area contributed by atoms with E-state index in [0.29, 0.717) is 0 Å². The van der Waals surface area contributed by atoms with Crippen LogP contribution in [-0.2, 0) is 4.74 Å². The van der Waals surface area contributed by atoms with Crippen LogP contribution in [0.5, 0.6) is 0 Å². The number of hydrogen-bond acceptors (Lipinski definition) is 1. The third-order valence-corrected chi connectivity index (χ3v) is 2.59. The third-order valence-electron chi connectivity index (χ3n) is 2.59. The molecule has 0 aromatic carbocycles. The molecule has 0 amide bonds. The van der Waals surface area contributed by atoms with E-state index in [0.717, 1.165) is 32.0 Å². The molecule has 1 fully saturated rings. The molecule has 1 rings (SSSR count). The van der Waals surface area contributed by atoms with E-state index in [4.69, 9.17) is 4.74 Å². The fourth-order valence-electron chi connectivity index (χ4n) is 1.70. The number of ether oxygens (including phenoxy) is 1. The SMILES string of the molecule is CC1CCCCC1.CCCOCCC. The van der Waals surface area contributed by atoms with Crippen molar-refractivity contribution in [1.82, 2.24) is 0 Å². The van der Waals surface area contributed by atoms with Gasteiger partial charge in [-0.15, -0.1) is 0 Å². The van der Waals surface area contributed by atoms with E-state index in [1.807, 2.05) is 0 Å². The van der Waals surface area contributed by atoms with Crippen molar-refractivity contribution in [2.45, 2.75) is 65.7 Å². The van der Waals surface area contributed by atoms with E-state index in [1.54, 1.807) is 0 Å². The molecule has 0 aromatic heterocycles. The molecule has 0 radical (unpaired) electrons. The summed E-state index contributed by atoms with van der Waals surface area (Å²) in [5.74, 6) is 1.04. The van der Waals surface area contributed by atoms with E-state index in [-0.39, 0.29) is 0 Å². The molecular weight excluding hydrogens is 172 g/mol. The minimum absolute atomic E-state index is 0.924. The molecule has 1 nitrogen and oxygen atoms in total. The van der Waals surface area contributed by atoms with Gasteiger partial charge < -0.3 is 4.74 Å². The highest BCUT2D eigenvalue weighted by atomic mass is 16.5. The zero-order valence-corrected chi connectivity index (χ0v) is 10.3. The van der Waals surface area contributed by atoms with Gasteiger partial charge in [-0.1, -0.05) is 52.9 Å². The van der Waals surface area contributed by atoms with Gasteiger partial charge in [0.05, 0.1) is 0 Å². The summed E-state index contributed by atoms with van der Waals surface area (Å²) in [6.07, 6.45) is 9.71. The molecular formula is C13H28O. The van der Waals surface area contributed by atoms with Crippen LogP contribution >= 0.6 is 0 Å². The zero-order chi connectivity index (χ0) is 10.6. The molecule has 1 aliphatic rings. The maximum Gasteiger partial charge on any atom is 0.0463 e. The predicted octanol–water partition coefficient (Wildman–Crippen LogP) is 4.41. The topological polar surface area (TPSA) is 9.23 Å². The average Bonchev–Trinajstić information content (AvgIpc) is 2.21. The van der Waals surface area contributed by atoms with Gasteiger partial charge in [-0.05, 0) is 18.8 Å². The van der Waals surface area contributed by atoms with Gasteiger partial charge in [0.1, 0.15) is 0 Å². The first-order valence-corrected chi connectivity index (χ1v) is 6.39. The largest absolute Gasteiger partial charge is 0.381 e. The first kappa shape index (κ1) is 14.0. The van der Waals surface area contributed by atoms with E-state index < -0.39 is 0 Å². The molecule has 0 saturated heterocycles. The minimum atomic E-state index is 0.924. The Morgan fingerprint density at radius 3 is 1.71 bits per heavy atom. The Morgan fingerprint density at radius 1 is 0.929 bits per heavy atom. The normalized spacial score (nSPS) is 17.4. The molecule has 1 saturated carbocycles. The van der Waals surface area contributed by atoms with E-state index in [9.17, 15) is 0 Å². The fraction of sp³-hybridized carbons (Fsp3) is 1.00. The van der Waals surface area contributed by atoms with Crippen LogP contribution in [0, 0.1) is 5.92 Å². The molecule has 0 spiro atoms. The van der Waals surface area contributed by atoms with Gasteiger partial charge in [-0.3, -0.25) is 0 Å². The van der Waals surface area contributed by atoms with Crippen molar-refractivity contribution >= 4 is 0 Å². The van der Waals surface area contributed by atoms with Crippen molar-refractivity contribution < 1.29 is 4.74 Å². The lowest BCUT2D eigenvalue weighted by molar-refractivity contribution is 0.135. The second kappa shape index (κ2) is 11.0. The fourth-order valence-corrected chi connectivity index (χ4v) is 1.70. The van der Waals surface area contributed by atoms with Crippen LogP contribution in [-0.4, -0.2) is 13.2 Å². The maximum atomic E-state index is 5.13. The molecule has 0 unspecified atom stereocenters. The maximum absolute atomic E-state index is 5.13. The third kappa shape index (κ3) is 10.0. The van der Waals surface area contributed by atoms with Crippen LogP contribution < -0.4 is 0 Å². The van der Waals surface area contributed by atoms with Crippen molar-refractivity contribution in [3.8, 4) is 0 Å². The lowest BCUT2D eigenvalue weighted by Crippen LogP contribution is -1.99. The highest BCUT2D eigenvalue weighted by Gasteiger charge is 2.05. The second-order valence-corrected chi connectivity index (χ2v) is 4.36. The Morgan fingerprint density at radius 2 is 1.43 bits per heavy atom. The molecule has 1 aliphatic carbocycles. The molecule has 0 aromatic rings. The van der Waals surface area contributed by atoms with Gasteiger partial charge >= 0.3 is 0 Å². The molecule has 1 heteroatoms. The predicted molar refractivity (Wildman–Crippen MR) is 63.7 cm³/mol. The molecule has 0 atom stereocenters.